The minimum atomic E-state index is -4.64. The average Bonchev–Trinajstić information content (AvgIpc) is 1.59. The Morgan fingerprint density at radius 2 is 0.529 bits per heavy atom. The quantitative estimate of drug-likeness (QED) is 0.208. The maximum absolute atomic E-state index is 8.88. The van der Waals surface area contributed by atoms with Crippen molar-refractivity contribution >= 4 is 15.6 Å². The van der Waals surface area contributed by atoms with Gasteiger partial charge in [-0.15, -0.1) is 0 Å². The second-order valence-corrected chi connectivity index (χ2v) is 3.08. The number of aliphatic hydroxyl groups is 1. The summed E-state index contributed by atoms with van der Waals surface area (Å²) in [5.74, 6) is 0. The maximum atomic E-state index is 8.88. The van der Waals surface area contributed by atoms with Crippen LogP contribution in [0, 0.1) is 0 Å². The van der Waals surface area contributed by atoms with Crippen LogP contribution in [0.2, 0.25) is 0 Å². The minimum Gasteiger partial charge on any atom is -0.412 e. The van der Waals surface area contributed by atoms with Gasteiger partial charge >= 0.3 is 15.6 Å². The molecule has 0 unspecified atom stereocenters. The second-order valence-electron chi connectivity index (χ2n) is 1.03. The molecule has 0 heterocycles. The van der Waals surface area contributed by atoms with E-state index in [2.05, 4.69) is 0 Å². The van der Waals surface area contributed by atoms with Crippen molar-refractivity contribution in [3.63, 3.8) is 0 Å². The van der Waals surface area contributed by atoms with Gasteiger partial charge in [0, 0.05) is 7.11 Å². The molecule has 0 saturated carbocycles. The summed E-state index contributed by atoms with van der Waals surface area (Å²) in [6, 6.07) is 0. The first-order valence-electron chi connectivity index (χ1n) is 2.01. The molecule has 0 bridgehead atoms. The zero-order chi connectivity index (χ0) is 11.0. The molecule has 0 spiro atoms. The van der Waals surface area contributed by atoms with Crippen molar-refractivity contribution in [3.05, 3.63) is 0 Å². The summed E-state index contributed by atoms with van der Waals surface area (Å²) in [6.07, 6.45) is 0. The number of rotatable bonds is 0. The summed E-state index contributed by atoms with van der Waals surface area (Å²) in [6.45, 7) is 0. The maximum Gasteiger partial charge on any atom is 0.466 e. The van der Waals surface area contributed by atoms with Gasteiger partial charge in [0.15, 0.2) is 0 Å². The summed E-state index contributed by atoms with van der Waals surface area (Å²) >= 11 is 0. The molecule has 0 aromatic heterocycles. The molecule has 14 nitrogen and oxygen atoms in total. The summed E-state index contributed by atoms with van der Waals surface area (Å²) in [5.41, 5.74) is 0. The summed E-state index contributed by atoms with van der Waals surface area (Å²) in [7, 11) is -8.28. The molecule has 0 fully saturated rings. The standard InChI is InChI=1S/CH4O.2H3O4P.5H2O/c1-2;2*1-5(2,3)4;;;;;/h2H,1H3;2*(H3,1,2,3,4);5*1H2. The minimum absolute atomic E-state index is 0. The first-order valence-corrected chi connectivity index (χ1v) is 5.14. The lowest BCUT2D eigenvalue weighted by molar-refractivity contribution is 0.272. The molecule has 16 heteroatoms. The topological polar surface area (TPSA) is 333 Å². The number of phosphoric acid groups is 2. The number of aliphatic hydroxyl groups excluding tert-OH is 1. The Hall–Kier alpha value is -0.0200. The third-order valence-electron chi connectivity index (χ3n) is 0. The van der Waals surface area contributed by atoms with Gasteiger partial charge in [-0.1, -0.05) is 0 Å². The molecule has 17 heavy (non-hydrogen) atoms. The SMILES string of the molecule is CO.O.O.O.O.O.O=P(O)(O)O.O=P(O)(O)O. The van der Waals surface area contributed by atoms with Crippen molar-refractivity contribution in [2.45, 2.75) is 0 Å². The summed E-state index contributed by atoms with van der Waals surface area (Å²) in [5, 5.41) is 7.00. The average molecular weight is 318 g/mol. The molecule has 0 aliphatic heterocycles. The molecule has 0 amide bonds. The molecule has 0 aromatic rings. The highest BCUT2D eigenvalue weighted by Crippen LogP contribution is 2.26. The zero-order valence-corrected chi connectivity index (χ0v) is 10.1. The molecular weight excluding hydrogens is 298 g/mol. The zero-order valence-electron chi connectivity index (χ0n) is 8.34. The van der Waals surface area contributed by atoms with Gasteiger partial charge < -0.3 is 61.8 Å². The van der Waals surface area contributed by atoms with Crippen LogP contribution in [-0.4, -0.2) is 69.0 Å². The molecule has 0 radical (unpaired) electrons. The molecule has 0 rings (SSSR count). The Bertz CT molecular complexity index is 127. The fourth-order valence-corrected chi connectivity index (χ4v) is 0. The van der Waals surface area contributed by atoms with Crippen molar-refractivity contribution < 1.29 is 71.0 Å². The van der Waals surface area contributed by atoms with Gasteiger partial charge in [0.1, 0.15) is 0 Å². The van der Waals surface area contributed by atoms with Crippen molar-refractivity contribution in [1.29, 1.82) is 0 Å². The van der Waals surface area contributed by atoms with Gasteiger partial charge in [-0.3, -0.25) is 0 Å². The van der Waals surface area contributed by atoms with E-state index in [-0.39, 0.29) is 27.4 Å². The van der Waals surface area contributed by atoms with E-state index in [0.29, 0.717) is 0 Å². The third-order valence-corrected chi connectivity index (χ3v) is 0. The Labute approximate surface area is 94.8 Å². The molecule has 0 aromatic carbocycles. The first-order chi connectivity index (χ1) is 5.00. The van der Waals surface area contributed by atoms with Crippen LogP contribution in [-0.2, 0) is 9.13 Å². The Balaban J connectivity index is -0.0000000110. The largest absolute Gasteiger partial charge is 0.466 e. The molecule has 0 saturated heterocycles. The van der Waals surface area contributed by atoms with Gasteiger partial charge in [-0.2, -0.15) is 0 Å². The number of hydrogen-bond donors (Lipinski definition) is 7. The van der Waals surface area contributed by atoms with E-state index < -0.39 is 15.6 Å². The Morgan fingerprint density at radius 3 is 0.529 bits per heavy atom. The molecular formula is CH20O14P2. The van der Waals surface area contributed by atoms with Crippen LogP contribution in [0.15, 0.2) is 0 Å². The molecule has 17 N–H and O–H groups in total. The van der Waals surface area contributed by atoms with Crippen molar-refractivity contribution in [2.24, 2.45) is 0 Å². The van der Waals surface area contributed by atoms with Crippen molar-refractivity contribution in [1.82, 2.24) is 0 Å². The lowest BCUT2D eigenvalue weighted by atomic mass is 11.8. The van der Waals surface area contributed by atoms with Crippen LogP contribution in [0.1, 0.15) is 0 Å². The third kappa shape index (κ3) is 7810000. The first kappa shape index (κ1) is 53.8. The predicted molar refractivity (Wildman–Crippen MR) is 54.7 cm³/mol. The van der Waals surface area contributed by atoms with Gasteiger partial charge in [-0.25, -0.2) is 9.13 Å². The van der Waals surface area contributed by atoms with Crippen LogP contribution in [0.3, 0.4) is 0 Å². The van der Waals surface area contributed by atoms with Gasteiger partial charge in [0.25, 0.3) is 0 Å². The van der Waals surface area contributed by atoms with Crippen molar-refractivity contribution in [3.8, 4) is 0 Å². The van der Waals surface area contributed by atoms with E-state index >= 15 is 0 Å². The van der Waals surface area contributed by atoms with E-state index in [1.54, 1.807) is 0 Å². The fourth-order valence-electron chi connectivity index (χ4n) is 0. The van der Waals surface area contributed by atoms with Crippen LogP contribution >= 0.6 is 15.6 Å². The van der Waals surface area contributed by atoms with E-state index in [9.17, 15) is 0 Å². The van der Waals surface area contributed by atoms with E-state index in [4.69, 9.17) is 43.6 Å². The summed E-state index contributed by atoms with van der Waals surface area (Å²) in [4.78, 5) is 43.1. The molecule has 0 atom stereocenters. The monoisotopic (exact) mass is 318 g/mol. The molecule has 118 valence electrons. The van der Waals surface area contributed by atoms with E-state index in [1.165, 1.54) is 0 Å². The van der Waals surface area contributed by atoms with Crippen LogP contribution < -0.4 is 0 Å². The highest BCUT2D eigenvalue weighted by Gasteiger charge is 2.00. The number of hydrogen-bond acceptors (Lipinski definition) is 3. The Kier molecular flexibility index (Phi) is 79.0. The van der Waals surface area contributed by atoms with Crippen LogP contribution in [0.4, 0.5) is 0 Å². The smallest absolute Gasteiger partial charge is 0.412 e. The lowest BCUT2D eigenvalue weighted by Gasteiger charge is -1.82. The lowest BCUT2D eigenvalue weighted by Crippen LogP contribution is -1.66. The highest BCUT2D eigenvalue weighted by atomic mass is 31.2. The Morgan fingerprint density at radius 1 is 0.529 bits per heavy atom. The fraction of sp³-hybridized carbons (Fsp3) is 1.00. The van der Waals surface area contributed by atoms with Gasteiger partial charge in [0.2, 0.25) is 0 Å². The normalized spacial score (nSPS) is 7.29. The predicted octanol–water partition coefficient (Wildman–Crippen LogP) is -6.37. The van der Waals surface area contributed by atoms with Gasteiger partial charge in [0.05, 0.1) is 0 Å². The van der Waals surface area contributed by atoms with Gasteiger partial charge in [-0.05, 0) is 0 Å². The van der Waals surface area contributed by atoms with E-state index in [1.807, 2.05) is 0 Å². The highest BCUT2D eigenvalue weighted by molar-refractivity contribution is 7.45. The van der Waals surface area contributed by atoms with E-state index in [0.717, 1.165) is 7.11 Å². The summed E-state index contributed by atoms with van der Waals surface area (Å²) < 4.78 is 17.8. The molecule has 0 aliphatic carbocycles. The van der Waals surface area contributed by atoms with Crippen LogP contribution in [0.25, 0.3) is 0 Å². The van der Waals surface area contributed by atoms with Crippen molar-refractivity contribution in [2.75, 3.05) is 7.11 Å². The second kappa shape index (κ2) is 25.0. The molecule has 0 aliphatic rings. The van der Waals surface area contributed by atoms with Crippen LogP contribution in [0.5, 0.6) is 0 Å².